The normalized spacial score (nSPS) is 25.0. The Morgan fingerprint density at radius 1 is 1.38 bits per heavy atom. The molecule has 1 aromatic rings. The van der Waals surface area contributed by atoms with Crippen molar-refractivity contribution < 1.29 is 14.1 Å². The summed E-state index contributed by atoms with van der Waals surface area (Å²) in [5.41, 5.74) is 0. The molecule has 2 N–H and O–H groups in total. The number of anilines is 1. The predicted octanol–water partition coefficient (Wildman–Crippen LogP) is 5.28. The molecule has 0 aliphatic heterocycles. The number of rotatable bonds is 5. The molecular weight excluding hydrogens is 401 g/mol. The van der Waals surface area contributed by atoms with Crippen molar-refractivity contribution in [2.45, 2.75) is 63.0 Å². The zero-order chi connectivity index (χ0) is 19.5. The Kier molecular flexibility index (Phi) is 7.34. The van der Waals surface area contributed by atoms with Gasteiger partial charge in [0.2, 0.25) is 3.79 Å². The van der Waals surface area contributed by atoms with Gasteiger partial charge in [-0.2, -0.15) is 0 Å². The minimum atomic E-state index is -1.80. The summed E-state index contributed by atoms with van der Waals surface area (Å²) in [6.07, 6.45) is 1.23. The number of hydrogen-bond acceptors (Lipinski definition) is 5. The van der Waals surface area contributed by atoms with Gasteiger partial charge >= 0.3 is 6.09 Å². The lowest BCUT2D eigenvalue weighted by Gasteiger charge is -2.37. The van der Waals surface area contributed by atoms with Crippen LogP contribution in [0.3, 0.4) is 0 Å². The quantitative estimate of drug-likeness (QED) is 0.495. The number of hydrogen-bond donors (Lipinski definition) is 2. The first-order valence-electron chi connectivity index (χ1n) is 8.80. The fourth-order valence-electron chi connectivity index (χ4n) is 3.32. The maximum Gasteiger partial charge on any atom is 0.409 e. The molecule has 9 heteroatoms. The van der Waals surface area contributed by atoms with Gasteiger partial charge in [-0.1, -0.05) is 67.2 Å². The average Bonchev–Trinajstić information content (AvgIpc) is 2.90. The fourth-order valence-corrected chi connectivity index (χ4v) is 3.65. The smallest absolute Gasteiger partial charge is 0.409 e. The number of ether oxygens (including phenoxy) is 1. The second-order valence-corrected chi connectivity index (χ2v) is 9.72. The van der Waals surface area contributed by atoms with Crippen molar-refractivity contribution in [2.24, 2.45) is 17.8 Å². The lowest BCUT2D eigenvalue weighted by molar-refractivity contribution is 0.00533. The Morgan fingerprint density at radius 2 is 2.08 bits per heavy atom. The lowest BCUT2D eigenvalue weighted by atomic mass is 9.75. The van der Waals surface area contributed by atoms with E-state index in [9.17, 15) is 4.79 Å². The van der Waals surface area contributed by atoms with Crippen LogP contribution in [-0.2, 0) is 4.74 Å². The lowest BCUT2D eigenvalue weighted by Crippen LogP contribution is -2.50. The van der Waals surface area contributed by atoms with E-state index < -0.39 is 16.1 Å². The first kappa shape index (κ1) is 21.5. The van der Waals surface area contributed by atoms with Crippen LogP contribution in [0.4, 0.5) is 10.6 Å². The standard InChI is InChI=1S/C17H26Cl3N3O3/c1-9(2)12-6-5-10(3)7-13(12)25-16(24)22-15(17(18,19)20)21-14-8-11(4)26-23-14/h8-10,12-13,15H,5-7H2,1-4H3,(H,21,23)(H,22,24)/t10-,12-,13-,15+/m1/s1. The Balaban J connectivity index is 2.01. The average molecular weight is 427 g/mol. The Labute approximate surface area is 169 Å². The summed E-state index contributed by atoms with van der Waals surface area (Å²) in [6.45, 7) is 8.20. The van der Waals surface area contributed by atoms with Gasteiger partial charge < -0.3 is 14.6 Å². The van der Waals surface area contributed by atoms with E-state index in [1.165, 1.54) is 0 Å². The predicted molar refractivity (Wildman–Crippen MR) is 104 cm³/mol. The number of nitrogens with zero attached hydrogens (tertiary/aromatic N) is 1. The number of alkyl carbamates (subject to hydrolysis) is 1. The number of amides is 1. The Hall–Kier alpha value is -0.850. The summed E-state index contributed by atoms with van der Waals surface area (Å²) in [4.78, 5) is 12.4. The third kappa shape index (κ3) is 6.10. The highest BCUT2D eigenvalue weighted by atomic mass is 35.6. The third-order valence-electron chi connectivity index (χ3n) is 4.73. The van der Waals surface area contributed by atoms with Gasteiger partial charge in [-0.3, -0.25) is 5.32 Å². The molecule has 6 nitrogen and oxygen atoms in total. The molecule has 26 heavy (non-hydrogen) atoms. The highest BCUT2D eigenvalue weighted by molar-refractivity contribution is 6.68. The number of alkyl halides is 3. The van der Waals surface area contributed by atoms with Crippen molar-refractivity contribution >= 4 is 46.7 Å². The van der Waals surface area contributed by atoms with Gasteiger partial charge in [-0.05, 0) is 37.5 Å². The van der Waals surface area contributed by atoms with Crippen LogP contribution in [-0.4, -0.2) is 27.3 Å². The zero-order valence-electron chi connectivity index (χ0n) is 15.4. The van der Waals surface area contributed by atoms with Crippen molar-refractivity contribution in [1.29, 1.82) is 0 Å². The maximum absolute atomic E-state index is 12.4. The van der Waals surface area contributed by atoms with Crippen molar-refractivity contribution in [3.05, 3.63) is 11.8 Å². The molecule has 1 saturated carbocycles. The molecule has 1 amide bonds. The van der Waals surface area contributed by atoms with Crippen molar-refractivity contribution in [2.75, 3.05) is 5.32 Å². The minimum Gasteiger partial charge on any atom is -0.446 e. The SMILES string of the molecule is Cc1cc(N[C@@H](NC(=O)O[C@@H]2C[C@H](C)CC[C@@H]2C(C)C)C(Cl)(Cl)Cl)no1. The molecule has 0 aromatic carbocycles. The summed E-state index contributed by atoms with van der Waals surface area (Å²) in [5, 5.41) is 9.21. The Morgan fingerprint density at radius 3 is 2.62 bits per heavy atom. The second kappa shape index (κ2) is 8.89. The van der Waals surface area contributed by atoms with Gasteiger partial charge in [0.15, 0.2) is 12.0 Å². The van der Waals surface area contributed by atoms with Crippen molar-refractivity contribution in [3.8, 4) is 0 Å². The van der Waals surface area contributed by atoms with E-state index in [1.807, 2.05) is 0 Å². The first-order valence-corrected chi connectivity index (χ1v) is 9.93. The monoisotopic (exact) mass is 425 g/mol. The molecule has 1 aliphatic carbocycles. The van der Waals surface area contributed by atoms with Crippen LogP contribution >= 0.6 is 34.8 Å². The summed E-state index contributed by atoms with van der Waals surface area (Å²) >= 11 is 18.0. The molecule has 0 bridgehead atoms. The fraction of sp³-hybridized carbons (Fsp3) is 0.765. The van der Waals surface area contributed by atoms with Gasteiger partial charge in [0, 0.05) is 6.07 Å². The van der Waals surface area contributed by atoms with E-state index in [2.05, 4.69) is 36.6 Å². The number of aromatic nitrogens is 1. The molecule has 4 atom stereocenters. The topological polar surface area (TPSA) is 76.4 Å². The third-order valence-corrected chi connectivity index (χ3v) is 5.38. The molecule has 0 spiro atoms. The number of nitrogens with one attached hydrogen (secondary N) is 2. The highest BCUT2D eigenvalue weighted by Gasteiger charge is 2.37. The van der Waals surface area contributed by atoms with Crippen molar-refractivity contribution in [3.63, 3.8) is 0 Å². The summed E-state index contributed by atoms with van der Waals surface area (Å²) in [6, 6.07) is 1.63. The van der Waals surface area contributed by atoms with Crippen molar-refractivity contribution in [1.82, 2.24) is 10.5 Å². The van der Waals surface area contributed by atoms with Gasteiger partial charge in [-0.25, -0.2) is 4.79 Å². The summed E-state index contributed by atoms with van der Waals surface area (Å²) in [7, 11) is 0. The Bertz CT molecular complexity index is 604. The van der Waals surface area contributed by atoms with Crippen LogP contribution in [0, 0.1) is 24.7 Å². The van der Waals surface area contributed by atoms with E-state index in [-0.39, 0.29) is 6.10 Å². The van der Waals surface area contributed by atoms with E-state index in [4.69, 9.17) is 44.1 Å². The summed E-state index contributed by atoms with van der Waals surface area (Å²) in [5.74, 6) is 2.22. The van der Waals surface area contributed by atoms with Gasteiger partial charge in [0.25, 0.3) is 0 Å². The molecule has 0 saturated heterocycles. The molecule has 148 valence electrons. The second-order valence-electron chi connectivity index (χ2n) is 7.36. The molecule has 1 aromatic heterocycles. The highest BCUT2D eigenvalue weighted by Crippen LogP contribution is 2.36. The number of carbonyl (C=O) groups is 1. The number of carbonyl (C=O) groups excluding carboxylic acids is 1. The van der Waals surface area contributed by atoms with Gasteiger partial charge in [-0.15, -0.1) is 0 Å². The molecule has 1 aliphatic rings. The molecule has 1 fully saturated rings. The van der Waals surface area contributed by atoms with Crippen LogP contribution in [0.25, 0.3) is 0 Å². The maximum atomic E-state index is 12.4. The first-order chi connectivity index (χ1) is 12.1. The van der Waals surface area contributed by atoms with Crippen LogP contribution in [0.15, 0.2) is 10.6 Å². The van der Waals surface area contributed by atoms with E-state index in [1.54, 1.807) is 13.0 Å². The largest absolute Gasteiger partial charge is 0.446 e. The molecule has 0 radical (unpaired) electrons. The van der Waals surface area contributed by atoms with Crippen LogP contribution in [0.5, 0.6) is 0 Å². The minimum absolute atomic E-state index is 0.149. The van der Waals surface area contributed by atoms with E-state index in [0.29, 0.717) is 29.3 Å². The molecule has 1 heterocycles. The van der Waals surface area contributed by atoms with Crippen LogP contribution < -0.4 is 10.6 Å². The number of halogens is 3. The zero-order valence-corrected chi connectivity index (χ0v) is 17.7. The van der Waals surface area contributed by atoms with Gasteiger partial charge in [0.05, 0.1) is 0 Å². The molecule has 2 rings (SSSR count). The van der Waals surface area contributed by atoms with E-state index in [0.717, 1.165) is 19.3 Å². The van der Waals surface area contributed by atoms with E-state index >= 15 is 0 Å². The molecular formula is C17H26Cl3N3O3. The van der Waals surface area contributed by atoms with Crippen LogP contribution in [0.2, 0.25) is 0 Å². The summed E-state index contributed by atoms with van der Waals surface area (Å²) < 4.78 is 8.86. The van der Waals surface area contributed by atoms with Gasteiger partial charge in [0.1, 0.15) is 11.9 Å². The van der Waals surface area contributed by atoms with Crippen LogP contribution in [0.1, 0.15) is 45.8 Å². The molecule has 0 unspecified atom stereocenters. The number of aryl methyl sites for hydroxylation is 1.